The van der Waals surface area contributed by atoms with Gasteiger partial charge in [0, 0.05) is 17.8 Å². The van der Waals surface area contributed by atoms with Crippen molar-refractivity contribution in [2.24, 2.45) is 0 Å². The third kappa shape index (κ3) is 4.34. The quantitative estimate of drug-likeness (QED) is 0.815. The lowest BCUT2D eigenvalue weighted by Crippen LogP contribution is -2.38. The van der Waals surface area contributed by atoms with Crippen molar-refractivity contribution in [1.29, 1.82) is 0 Å². The second kappa shape index (κ2) is 8.31. The Bertz CT molecular complexity index is 869. The molecule has 0 spiro atoms. The van der Waals surface area contributed by atoms with E-state index in [-0.39, 0.29) is 25.2 Å². The van der Waals surface area contributed by atoms with Crippen LogP contribution in [0.15, 0.2) is 36.4 Å². The topological polar surface area (TPSA) is 67.9 Å². The van der Waals surface area contributed by atoms with Crippen LogP contribution < -0.4 is 14.8 Å². The highest BCUT2D eigenvalue weighted by Gasteiger charge is 2.24. The highest BCUT2D eigenvalue weighted by Crippen LogP contribution is 2.40. The lowest BCUT2D eigenvalue weighted by atomic mass is 10.1. The number of fused-ring (bicyclic) bond motifs is 1. The van der Waals surface area contributed by atoms with Gasteiger partial charge in [-0.3, -0.25) is 9.59 Å². The van der Waals surface area contributed by atoms with Gasteiger partial charge < -0.3 is 19.7 Å². The predicted molar refractivity (Wildman–Crippen MR) is 104 cm³/mol. The SMILES string of the molecule is CCCN(CC(=O)Nc1ccccc1C)C(=O)c1cc(Cl)c2c(c1)OCO2. The number of anilines is 1. The minimum Gasteiger partial charge on any atom is -0.454 e. The third-order valence-corrected chi connectivity index (χ3v) is 4.49. The molecule has 27 heavy (non-hydrogen) atoms. The zero-order valence-corrected chi connectivity index (χ0v) is 16.0. The molecule has 2 aromatic carbocycles. The third-order valence-electron chi connectivity index (χ3n) is 4.21. The predicted octanol–water partition coefficient (Wildman–Crippen LogP) is 3.87. The van der Waals surface area contributed by atoms with Gasteiger partial charge in [0.25, 0.3) is 5.91 Å². The zero-order chi connectivity index (χ0) is 19.4. The van der Waals surface area contributed by atoms with E-state index >= 15 is 0 Å². The fourth-order valence-corrected chi connectivity index (χ4v) is 3.14. The molecule has 0 aliphatic carbocycles. The number of benzene rings is 2. The Balaban J connectivity index is 1.75. The molecule has 142 valence electrons. The summed E-state index contributed by atoms with van der Waals surface area (Å²) in [5.41, 5.74) is 2.06. The number of halogens is 1. The number of hydrogen-bond donors (Lipinski definition) is 1. The Morgan fingerprint density at radius 2 is 2.00 bits per heavy atom. The second-order valence-electron chi connectivity index (χ2n) is 6.28. The summed E-state index contributed by atoms with van der Waals surface area (Å²) in [5, 5.41) is 3.17. The van der Waals surface area contributed by atoms with E-state index in [0.717, 1.165) is 17.7 Å². The molecule has 6 nitrogen and oxygen atoms in total. The van der Waals surface area contributed by atoms with E-state index in [1.807, 2.05) is 38.1 Å². The van der Waals surface area contributed by atoms with E-state index in [0.29, 0.717) is 28.6 Å². The number of nitrogens with zero attached hydrogens (tertiary/aromatic N) is 1. The normalized spacial score (nSPS) is 12.0. The molecule has 2 amide bonds. The molecule has 0 bridgehead atoms. The van der Waals surface area contributed by atoms with Crippen LogP contribution in [0.2, 0.25) is 5.02 Å². The van der Waals surface area contributed by atoms with Crippen LogP contribution in [0, 0.1) is 6.92 Å². The minimum absolute atomic E-state index is 0.0485. The van der Waals surface area contributed by atoms with Gasteiger partial charge in [0.1, 0.15) is 6.54 Å². The monoisotopic (exact) mass is 388 g/mol. The highest BCUT2D eigenvalue weighted by atomic mass is 35.5. The van der Waals surface area contributed by atoms with Crippen molar-refractivity contribution in [2.75, 3.05) is 25.2 Å². The number of hydrogen-bond acceptors (Lipinski definition) is 4. The first kappa shape index (κ1) is 19.0. The molecule has 0 aromatic heterocycles. The summed E-state index contributed by atoms with van der Waals surface area (Å²) in [6.45, 7) is 4.34. The number of amides is 2. The van der Waals surface area contributed by atoms with Gasteiger partial charge in [-0.2, -0.15) is 0 Å². The fourth-order valence-electron chi connectivity index (χ4n) is 2.87. The smallest absolute Gasteiger partial charge is 0.254 e. The number of carbonyl (C=O) groups is 2. The zero-order valence-electron chi connectivity index (χ0n) is 15.3. The maximum absolute atomic E-state index is 12.9. The van der Waals surface area contributed by atoms with Gasteiger partial charge in [0.15, 0.2) is 11.5 Å². The molecule has 1 aliphatic rings. The van der Waals surface area contributed by atoms with Gasteiger partial charge in [0.2, 0.25) is 12.7 Å². The maximum Gasteiger partial charge on any atom is 0.254 e. The van der Waals surface area contributed by atoms with Gasteiger partial charge in [-0.05, 0) is 37.1 Å². The van der Waals surface area contributed by atoms with Crippen LogP contribution in [0.4, 0.5) is 5.69 Å². The number of para-hydroxylation sites is 1. The standard InChI is InChI=1S/C20H21ClN2O4/c1-3-8-23(11-18(24)22-16-7-5-4-6-13(16)2)20(25)14-9-15(21)19-17(10-14)26-12-27-19/h4-7,9-10H,3,8,11-12H2,1-2H3,(H,22,24). The molecule has 3 rings (SSSR count). The van der Waals surface area contributed by atoms with Crippen molar-refractivity contribution in [3.05, 3.63) is 52.5 Å². The van der Waals surface area contributed by atoms with Crippen molar-refractivity contribution < 1.29 is 19.1 Å². The molecule has 0 saturated carbocycles. The van der Waals surface area contributed by atoms with Crippen LogP contribution in [0.1, 0.15) is 29.3 Å². The van der Waals surface area contributed by atoms with Crippen LogP contribution in [-0.2, 0) is 4.79 Å². The van der Waals surface area contributed by atoms with Crippen LogP contribution >= 0.6 is 11.6 Å². The molecule has 0 unspecified atom stereocenters. The number of rotatable bonds is 6. The molecule has 1 aliphatic heterocycles. The first-order chi connectivity index (χ1) is 13.0. The van der Waals surface area contributed by atoms with Gasteiger partial charge in [0.05, 0.1) is 5.02 Å². The van der Waals surface area contributed by atoms with E-state index in [1.54, 1.807) is 12.1 Å². The molecule has 0 saturated heterocycles. The van der Waals surface area contributed by atoms with Gasteiger partial charge >= 0.3 is 0 Å². The molecule has 1 N–H and O–H groups in total. The van der Waals surface area contributed by atoms with E-state index in [9.17, 15) is 9.59 Å². The largest absolute Gasteiger partial charge is 0.454 e. The Hall–Kier alpha value is -2.73. The first-order valence-electron chi connectivity index (χ1n) is 8.73. The Morgan fingerprint density at radius 3 is 2.74 bits per heavy atom. The van der Waals surface area contributed by atoms with Crippen LogP contribution in [-0.4, -0.2) is 36.6 Å². The van der Waals surface area contributed by atoms with Gasteiger partial charge in [-0.15, -0.1) is 0 Å². The summed E-state index contributed by atoms with van der Waals surface area (Å²) >= 11 is 6.18. The fraction of sp³-hybridized carbons (Fsp3) is 0.300. The molecule has 7 heteroatoms. The Labute approximate surface area is 163 Å². The number of nitrogens with one attached hydrogen (secondary N) is 1. The van der Waals surface area contributed by atoms with E-state index in [2.05, 4.69) is 5.32 Å². The summed E-state index contributed by atoms with van der Waals surface area (Å²) < 4.78 is 10.6. The molecule has 0 fully saturated rings. The molecular formula is C20H21ClN2O4. The van der Waals surface area contributed by atoms with Crippen molar-refractivity contribution in [3.8, 4) is 11.5 Å². The number of aryl methyl sites for hydroxylation is 1. The minimum atomic E-state index is -0.281. The second-order valence-corrected chi connectivity index (χ2v) is 6.69. The average Bonchev–Trinajstić information content (AvgIpc) is 3.12. The maximum atomic E-state index is 12.9. The average molecular weight is 389 g/mol. The Kier molecular flexibility index (Phi) is 5.86. The van der Waals surface area contributed by atoms with Crippen LogP contribution in [0.3, 0.4) is 0 Å². The summed E-state index contributed by atoms with van der Waals surface area (Å²) in [6.07, 6.45) is 0.724. The lowest BCUT2D eigenvalue weighted by molar-refractivity contribution is -0.116. The Morgan fingerprint density at radius 1 is 1.22 bits per heavy atom. The van der Waals surface area contributed by atoms with Crippen molar-refractivity contribution >= 4 is 29.1 Å². The lowest BCUT2D eigenvalue weighted by Gasteiger charge is -2.22. The number of ether oxygens (including phenoxy) is 2. The summed E-state index contributed by atoms with van der Waals surface area (Å²) in [7, 11) is 0. The molecule has 2 aromatic rings. The van der Waals surface area contributed by atoms with Gasteiger partial charge in [-0.25, -0.2) is 0 Å². The van der Waals surface area contributed by atoms with Crippen LogP contribution in [0.5, 0.6) is 11.5 Å². The summed E-state index contributed by atoms with van der Waals surface area (Å²) in [5.74, 6) is 0.342. The first-order valence-corrected chi connectivity index (χ1v) is 9.11. The van der Waals surface area contributed by atoms with Crippen molar-refractivity contribution in [3.63, 3.8) is 0 Å². The van der Waals surface area contributed by atoms with E-state index < -0.39 is 0 Å². The van der Waals surface area contributed by atoms with Gasteiger partial charge in [-0.1, -0.05) is 36.7 Å². The highest BCUT2D eigenvalue weighted by molar-refractivity contribution is 6.32. The van der Waals surface area contributed by atoms with E-state index in [1.165, 1.54) is 4.90 Å². The van der Waals surface area contributed by atoms with Crippen molar-refractivity contribution in [1.82, 2.24) is 4.90 Å². The molecule has 0 radical (unpaired) electrons. The summed E-state index contributed by atoms with van der Waals surface area (Å²) in [4.78, 5) is 26.9. The molecular weight excluding hydrogens is 368 g/mol. The van der Waals surface area contributed by atoms with Crippen LogP contribution in [0.25, 0.3) is 0 Å². The summed E-state index contributed by atoms with van der Waals surface area (Å²) in [6, 6.07) is 10.6. The number of carbonyl (C=O) groups excluding carboxylic acids is 2. The molecule has 0 atom stereocenters. The molecule has 1 heterocycles. The van der Waals surface area contributed by atoms with Crippen molar-refractivity contribution in [2.45, 2.75) is 20.3 Å². The van der Waals surface area contributed by atoms with E-state index in [4.69, 9.17) is 21.1 Å².